The molecule has 32 heavy (non-hydrogen) atoms. The Morgan fingerprint density at radius 1 is 1.00 bits per heavy atom. The van der Waals surface area contributed by atoms with E-state index in [-0.39, 0.29) is 12.2 Å². The third kappa shape index (κ3) is 7.48. The maximum Gasteiger partial charge on any atom is 0.331 e. The van der Waals surface area contributed by atoms with Gasteiger partial charge >= 0.3 is 5.97 Å². The highest BCUT2D eigenvalue weighted by Crippen LogP contribution is 2.29. The minimum absolute atomic E-state index is 0.0341. The molecule has 4 nitrogen and oxygen atoms in total. The first-order valence-corrected chi connectivity index (χ1v) is 12.1. The van der Waals surface area contributed by atoms with Gasteiger partial charge in [-0.1, -0.05) is 83.1 Å². The predicted molar refractivity (Wildman–Crippen MR) is 129 cm³/mol. The lowest BCUT2D eigenvalue weighted by Crippen LogP contribution is -2.29. The van der Waals surface area contributed by atoms with E-state index in [1.807, 2.05) is 19.1 Å². The van der Waals surface area contributed by atoms with Crippen molar-refractivity contribution in [1.82, 2.24) is 0 Å². The molecule has 0 radical (unpaired) electrons. The van der Waals surface area contributed by atoms with Crippen molar-refractivity contribution < 1.29 is 14.3 Å². The van der Waals surface area contributed by atoms with Crippen LogP contribution in [-0.2, 0) is 20.7 Å². The molecule has 1 aromatic carbocycles. The minimum Gasteiger partial charge on any atom is -0.429 e. The van der Waals surface area contributed by atoms with Gasteiger partial charge < -0.3 is 4.74 Å². The Kier molecular flexibility index (Phi) is 10.4. The topological polar surface area (TPSA) is 67.2 Å². The lowest BCUT2D eigenvalue weighted by atomic mass is 9.86. The molecule has 1 aliphatic rings. The standard InChI is InChI=1S/C28H37NO3/c1-4-6-8-9-10-11-12-22-13-15-23(16-14-22)25-18-17-24(20-26(25)30)32-27(31)28(3,21-29)19-7-5-2/h13-18H,4-12,19-20H2,1-3H3. The van der Waals surface area contributed by atoms with Crippen molar-refractivity contribution in [2.24, 2.45) is 5.41 Å². The van der Waals surface area contributed by atoms with Crippen molar-refractivity contribution >= 4 is 17.3 Å². The zero-order chi connectivity index (χ0) is 23.4. The number of allylic oxidation sites excluding steroid dienone is 4. The second-order valence-corrected chi connectivity index (χ2v) is 8.96. The van der Waals surface area contributed by atoms with Gasteiger partial charge in [-0.3, -0.25) is 4.79 Å². The summed E-state index contributed by atoms with van der Waals surface area (Å²) < 4.78 is 5.43. The summed E-state index contributed by atoms with van der Waals surface area (Å²) in [5.74, 6) is -0.351. The second-order valence-electron chi connectivity index (χ2n) is 8.96. The van der Waals surface area contributed by atoms with Crippen LogP contribution in [-0.4, -0.2) is 11.8 Å². The SMILES string of the molecule is CCCCCCCCc1ccc(C2=CC=C(OC(=O)C(C)(C#N)CCCC)CC2=O)cc1. The molecule has 0 aromatic heterocycles. The normalized spacial score (nSPS) is 15.4. The van der Waals surface area contributed by atoms with E-state index in [2.05, 4.69) is 25.1 Å². The van der Waals surface area contributed by atoms with Gasteiger partial charge in [0, 0.05) is 5.57 Å². The first-order chi connectivity index (χ1) is 15.4. The summed E-state index contributed by atoms with van der Waals surface area (Å²) in [4.78, 5) is 25.2. The van der Waals surface area contributed by atoms with Crippen LogP contribution in [0.5, 0.6) is 0 Å². The number of Topliss-reactive ketones (excluding diaryl/α,β-unsaturated/α-hetero) is 1. The van der Waals surface area contributed by atoms with E-state index in [1.165, 1.54) is 44.1 Å². The van der Waals surface area contributed by atoms with E-state index in [0.29, 0.717) is 17.8 Å². The molecular weight excluding hydrogens is 398 g/mol. The molecule has 4 heteroatoms. The summed E-state index contributed by atoms with van der Waals surface area (Å²) in [6.45, 7) is 5.85. The Labute approximate surface area is 193 Å². The van der Waals surface area contributed by atoms with E-state index >= 15 is 0 Å². The van der Waals surface area contributed by atoms with Gasteiger partial charge in [0.1, 0.15) is 5.76 Å². The van der Waals surface area contributed by atoms with Crippen LogP contribution in [0, 0.1) is 16.7 Å². The van der Waals surface area contributed by atoms with E-state index in [0.717, 1.165) is 24.8 Å². The minimum atomic E-state index is -1.18. The van der Waals surface area contributed by atoms with Gasteiger partial charge in [0.05, 0.1) is 12.5 Å². The molecule has 0 aliphatic heterocycles. The second kappa shape index (κ2) is 13.0. The van der Waals surface area contributed by atoms with Gasteiger partial charge in [-0.15, -0.1) is 0 Å². The Morgan fingerprint density at radius 3 is 2.28 bits per heavy atom. The van der Waals surface area contributed by atoms with E-state index in [4.69, 9.17) is 4.74 Å². The van der Waals surface area contributed by atoms with Gasteiger partial charge in [-0.05, 0) is 49.5 Å². The molecule has 0 fully saturated rings. The fourth-order valence-electron chi connectivity index (χ4n) is 3.83. The summed E-state index contributed by atoms with van der Waals surface area (Å²) >= 11 is 0. The summed E-state index contributed by atoms with van der Waals surface area (Å²) in [6, 6.07) is 10.3. The fourth-order valence-corrected chi connectivity index (χ4v) is 3.83. The molecule has 1 atom stereocenters. The highest BCUT2D eigenvalue weighted by Gasteiger charge is 2.35. The van der Waals surface area contributed by atoms with Crippen LogP contribution < -0.4 is 0 Å². The third-order valence-electron chi connectivity index (χ3n) is 6.11. The van der Waals surface area contributed by atoms with Crippen molar-refractivity contribution in [2.45, 2.75) is 91.4 Å². The quantitative estimate of drug-likeness (QED) is 0.245. The predicted octanol–water partition coefficient (Wildman–Crippen LogP) is 7.09. The van der Waals surface area contributed by atoms with Crippen molar-refractivity contribution in [3.63, 3.8) is 0 Å². The van der Waals surface area contributed by atoms with Crippen LogP contribution in [0.3, 0.4) is 0 Å². The largest absolute Gasteiger partial charge is 0.429 e. The smallest absolute Gasteiger partial charge is 0.331 e. The van der Waals surface area contributed by atoms with Gasteiger partial charge in [0.25, 0.3) is 0 Å². The monoisotopic (exact) mass is 435 g/mol. The van der Waals surface area contributed by atoms with Crippen LogP contribution >= 0.6 is 0 Å². The number of unbranched alkanes of at least 4 members (excludes halogenated alkanes) is 6. The summed E-state index contributed by atoms with van der Waals surface area (Å²) in [7, 11) is 0. The zero-order valence-electron chi connectivity index (χ0n) is 19.9. The number of ketones is 1. The molecule has 0 saturated carbocycles. The molecule has 2 rings (SSSR count). The van der Waals surface area contributed by atoms with Gasteiger partial charge in [-0.25, -0.2) is 4.79 Å². The van der Waals surface area contributed by atoms with E-state index < -0.39 is 11.4 Å². The number of hydrogen-bond acceptors (Lipinski definition) is 4. The van der Waals surface area contributed by atoms with Crippen LogP contribution in [0.2, 0.25) is 0 Å². The van der Waals surface area contributed by atoms with Gasteiger partial charge in [0.2, 0.25) is 0 Å². The lowest BCUT2D eigenvalue weighted by Gasteiger charge is -2.21. The molecule has 1 aliphatic carbocycles. The van der Waals surface area contributed by atoms with Crippen molar-refractivity contribution in [1.29, 1.82) is 5.26 Å². The number of hydrogen-bond donors (Lipinski definition) is 0. The molecule has 0 N–H and O–H groups in total. The molecule has 0 bridgehead atoms. The van der Waals surface area contributed by atoms with Crippen LogP contribution in [0.15, 0.2) is 42.2 Å². The lowest BCUT2D eigenvalue weighted by molar-refractivity contribution is -0.148. The van der Waals surface area contributed by atoms with Crippen molar-refractivity contribution in [3.8, 4) is 6.07 Å². The van der Waals surface area contributed by atoms with Crippen LogP contribution in [0.1, 0.15) is 96.1 Å². The van der Waals surface area contributed by atoms with Crippen LogP contribution in [0.25, 0.3) is 5.57 Å². The number of benzene rings is 1. The zero-order valence-corrected chi connectivity index (χ0v) is 19.9. The number of rotatable bonds is 13. The maximum absolute atomic E-state index is 12.7. The van der Waals surface area contributed by atoms with E-state index in [1.54, 1.807) is 19.1 Å². The number of nitriles is 1. The number of esters is 1. The first-order valence-electron chi connectivity index (χ1n) is 12.1. The highest BCUT2D eigenvalue weighted by molar-refractivity contribution is 6.22. The van der Waals surface area contributed by atoms with Crippen molar-refractivity contribution in [3.05, 3.63) is 53.3 Å². The van der Waals surface area contributed by atoms with Gasteiger partial charge in [-0.2, -0.15) is 5.26 Å². The summed E-state index contributed by atoms with van der Waals surface area (Å²) in [6.07, 6.45) is 14.3. The number of aryl methyl sites for hydroxylation is 1. The molecule has 0 heterocycles. The van der Waals surface area contributed by atoms with Crippen molar-refractivity contribution in [2.75, 3.05) is 0 Å². The fraction of sp³-hybridized carbons (Fsp3) is 0.536. The molecule has 1 aromatic rings. The summed E-state index contributed by atoms with van der Waals surface area (Å²) in [5, 5.41) is 9.43. The Balaban J connectivity index is 1.95. The van der Waals surface area contributed by atoms with Crippen LogP contribution in [0.4, 0.5) is 0 Å². The van der Waals surface area contributed by atoms with E-state index in [9.17, 15) is 14.9 Å². The Bertz CT molecular complexity index is 873. The maximum atomic E-state index is 12.7. The Morgan fingerprint density at radius 2 is 1.66 bits per heavy atom. The number of ether oxygens (including phenoxy) is 1. The summed E-state index contributed by atoms with van der Waals surface area (Å²) in [5.41, 5.74) is 1.62. The average molecular weight is 436 g/mol. The highest BCUT2D eigenvalue weighted by atomic mass is 16.5. The first kappa shape index (κ1) is 25.6. The molecule has 0 saturated heterocycles. The molecular formula is C28H37NO3. The number of carbonyl (C=O) groups is 2. The molecule has 1 unspecified atom stereocenters. The number of carbonyl (C=O) groups excluding carboxylic acids is 2. The van der Waals surface area contributed by atoms with Gasteiger partial charge in [0.15, 0.2) is 11.2 Å². The third-order valence-corrected chi connectivity index (χ3v) is 6.11. The molecule has 0 amide bonds. The number of nitrogens with zero attached hydrogens (tertiary/aromatic N) is 1. The molecule has 172 valence electrons. The average Bonchev–Trinajstić information content (AvgIpc) is 2.80. The molecule has 0 spiro atoms. The Hall–Kier alpha value is -2.67.